The number of amides is 2. The minimum Gasteiger partial charge on any atom is -0.337 e. The van der Waals surface area contributed by atoms with Crippen LogP contribution in [-0.4, -0.2) is 57.8 Å². The van der Waals surface area contributed by atoms with Crippen LogP contribution < -0.4 is 0 Å². The van der Waals surface area contributed by atoms with Crippen LogP contribution in [0.25, 0.3) is 0 Å². The third kappa shape index (κ3) is 2.66. The Bertz CT molecular complexity index is 556. The molecule has 0 N–H and O–H groups in total. The lowest BCUT2D eigenvalue weighted by molar-refractivity contribution is -0.143. The van der Waals surface area contributed by atoms with Crippen LogP contribution in [0.5, 0.6) is 0 Å². The van der Waals surface area contributed by atoms with Crippen LogP contribution >= 0.6 is 0 Å². The van der Waals surface area contributed by atoms with Crippen molar-refractivity contribution in [3.8, 4) is 0 Å². The largest absolute Gasteiger partial charge is 0.337 e. The van der Waals surface area contributed by atoms with E-state index < -0.39 is 17.1 Å². The standard InChI is InChI=1S/C17H26FN3O2/c1-4-6-13-19-17(15(23)21(13)12(2)3)7-5-10-20(11-17)14(22)16(18)8-9-16/h12H,4-11H2,1-3H3. The number of piperidine rings is 1. The third-order valence-electron chi connectivity index (χ3n) is 5.06. The molecule has 5 nitrogen and oxygen atoms in total. The van der Waals surface area contributed by atoms with Crippen molar-refractivity contribution in [1.82, 2.24) is 9.80 Å². The molecule has 23 heavy (non-hydrogen) atoms. The Labute approximate surface area is 136 Å². The van der Waals surface area contributed by atoms with E-state index in [1.807, 2.05) is 13.8 Å². The highest BCUT2D eigenvalue weighted by Gasteiger charge is 2.57. The number of aliphatic imine (C=N–C) groups is 1. The lowest BCUT2D eigenvalue weighted by atomic mass is 9.88. The van der Waals surface area contributed by atoms with Gasteiger partial charge in [-0.25, -0.2) is 4.39 Å². The Morgan fingerprint density at radius 2 is 2.04 bits per heavy atom. The summed E-state index contributed by atoms with van der Waals surface area (Å²) >= 11 is 0. The number of rotatable bonds is 4. The molecule has 3 rings (SSSR count). The molecule has 1 atom stereocenters. The molecule has 0 aromatic rings. The van der Waals surface area contributed by atoms with E-state index in [0.29, 0.717) is 32.2 Å². The second kappa shape index (κ2) is 5.56. The number of nitrogens with zero attached hydrogens (tertiary/aromatic N) is 3. The van der Waals surface area contributed by atoms with E-state index in [-0.39, 0.29) is 18.5 Å². The van der Waals surface area contributed by atoms with Gasteiger partial charge in [0.2, 0.25) is 0 Å². The average molecular weight is 323 g/mol. The topological polar surface area (TPSA) is 53.0 Å². The summed E-state index contributed by atoms with van der Waals surface area (Å²) in [6, 6.07) is 0.0502. The van der Waals surface area contributed by atoms with Crippen LogP contribution in [0.3, 0.4) is 0 Å². The van der Waals surface area contributed by atoms with Gasteiger partial charge in [-0.1, -0.05) is 6.92 Å². The zero-order chi connectivity index (χ0) is 16.8. The summed E-state index contributed by atoms with van der Waals surface area (Å²) in [5.74, 6) is 0.361. The minimum absolute atomic E-state index is 0.0165. The predicted octanol–water partition coefficient (Wildman–Crippen LogP) is 2.30. The second-order valence-electron chi connectivity index (χ2n) is 7.37. The molecule has 1 saturated carbocycles. The zero-order valence-corrected chi connectivity index (χ0v) is 14.3. The Hall–Kier alpha value is -1.46. The molecule has 1 unspecified atom stereocenters. The lowest BCUT2D eigenvalue weighted by Crippen LogP contribution is -2.57. The van der Waals surface area contributed by atoms with Gasteiger partial charge < -0.3 is 4.90 Å². The van der Waals surface area contributed by atoms with Crippen molar-refractivity contribution in [2.24, 2.45) is 4.99 Å². The van der Waals surface area contributed by atoms with E-state index >= 15 is 0 Å². The molecular weight excluding hydrogens is 297 g/mol. The normalized spacial score (nSPS) is 29.4. The molecule has 2 fully saturated rings. The van der Waals surface area contributed by atoms with Crippen molar-refractivity contribution >= 4 is 17.6 Å². The highest BCUT2D eigenvalue weighted by Crippen LogP contribution is 2.43. The Morgan fingerprint density at radius 3 is 2.61 bits per heavy atom. The van der Waals surface area contributed by atoms with Gasteiger partial charge in [0.15, 0.2) is 11.2 Å². The van der Waals surface area contributed by atoms with Crippen molar-refractivity contribution < 1.29 is 14.0 Å². The number of hydrogen-bond acceptors (Lipinski definition) is 3. The number of hydrogen-bond donors (Lipinski definition) is 0. The smallest absolute Gasteiger partial charge is 0.260 e. The first-order valence-electron chi connectivity index (χ1n) is 8.74. The molecule has 3 aliphatic rings. The number of amidine groups is 1. The van der Waals surface area contributed by atoms with Crippen LogP contribution in [0.15, 0.2) is 4.99 Å². The van der Waals surface area contributed by atoms with Gasteiger partial charge in [-0.2, -0.15) is 0 Å². The number of carbonyl (C=O) groups is 2. The van der Waals surface area contributed by atoms with Crippen molar-refractivity contribution in [3.63, 3.8) is 0 Å². The molecule has 0 bridgehead atoms. The van der Waals surface area contributed by atoms with E-state index in [1.54, 1.807) is 4.90 Å². The molecule has 1 aliphatic carbocycles. The molecule has 2 amide bonds. The summed E-state index contributed by atoms with van der Waals surface area (Å²) in [4.78, 5) is 33.4. The summed E-state index contributed by atoms with van der Waals surface area (Å²) in [5.41, 5.74) is -2.55. The summed E-state index contributed by atoms with van der Waals surface area (Å²) in [7, 11) is 0. The molecule has 0 aromatic heterocycles. The highest BCUT2D eigenvalue weighted by atomic mass is 19.1. The van der Waals surface area contributed by atoms with Gasteiger partial charge in [0.05, 0.1) is 6.54 Å². The van der Waals surface area contributed by atoms with Crippen LogP contribution in [0, 0.1) is 0 Å². The lowest BCUT2D eigenvalue weighted by Gasteiger charge is -2.38. The fraction of sp³-hybridized carbons (Fsp3) is 0.824. The molecular formula is C17H26FN3O2. The molecule has 2 aliphatic heterocycles. The highest BCUT2D eigenvalue weighted by molar-refractivity contribution is 6.09. The SMILES string of the molecule is CCCC1=NC2(CCCN(C(=O)C3(F)CC3)C2)C(=O)N1C(C)C. The molecule has 0 radical (unpaired) electrons. The Kier molecular flexibility index (Phi) is 3.97. The number of likely N-dealkylation sites (tertiary alicyclic amines) is 1. The van der Waals surface area contributed by atoms with Gasteiger partial charge in [-0.05, 0) is 46.0 Å². The quantitative estimate of drug-likeness (QED) is 0.797. The summed E-state index contributed by atoms with van der Waals surface area (Å²) in [6.07, 6.45) is 3.64. The summed E-state index contributed by atoms with van der Waals surface area (Å²) in [5, 5.41) is 0. The van der Waals surface area contributed by atoms with Gasteiger partial charge in [-0.15, -0.1) is 0 Å². The molecule has 1 spiro atoms. The predicted molar refractivity (Wildman–Crippen MR) is 85.9 cm³/mol. The van der Waals surface area contributed by atoms with Crippen LogP contribution in [0.1, 0.15) is 59.3 Å². The van der Waals surface area contributed by atoms with Crippen molar-refractivity contribution in [3.05, 3.63) is 0 Å². The van der Waals surface area contributed by atoms with Gasteiger partial charge in [0.25, 0.3) is 11.8 Å². The van der Waals surface area contributed by atoms with E-state index in [4.69, 9.17) is 4.99 Å². The van der Waals surface area contributed by atoms with E-state index in [9.17, 15) is 14.0 Å². The van der Waals surface area contributed by atoms with Gasteiger partial charge in [0.1, 0.15) is 5.84 Å². The maximum Gasteiger partial charge on any atom is 0.260 e. The first-order chi connectivity index (χ1) is 10.8. The summed E-state index contributed by atoms with van der Waals surface area (Å²) < 4.78 is 14.1. The van der Waals surface area contributed by atoms with Gasteiger partial charge in [0, 0.05) is 19.0 Å². The first kappa shape index (κ1) is 16.4. The minimum atomic E-state index is -1.67. The third-order valence-corrected chi connectivity index (χ3v) is 5.06. The Morgan fingerprint density at radius 1 is 1.35 bits per heavy atom. The number of carbonyl (C=O) groups excluding carboxylic acids is 2. The zero-order valence-electron chi connectivity index (χ0n) is 14.3. The molecule has 1 saturated heterocycles. The summed E-state index contributed by atoms with van der Waals surface area (Å²) in [6.45, 7) is 6.78. The molecule has 2 heterocycles. The second-order valence-corrected chi connectivity index (χ2v) is 7.37. The maximum atomic E-state index is 14.1. The van der Waals surface area contributed by atoms with Crippen LogP contribution in [-0.2, 0) is 9.59 Å². The maximum absolute atomic E-state index is 14.1. The Balaban J connectivity index is 1.85. The fourth-order valence-electron chi connectivity index (χ4n) is 3.71. The van der Waals surface area contributed by atoms with E-state index in [1.165, 1.54) is 4.90 Å². The van der Waals surface area contributed by atoms with Gasteiger partial charge in [-0.3, -0.25) is 19.5 Å². The van der Waals surface area contributed by atoms with E-state index in [0.717, 1.165) is 18.7 Å². The van der Waals surface area contributed by atoms with Gasteiger partial charge >= 0.3 is 0 Å². The molecule has 0 aromatic carbocycles. The van der Waals surface area contributed by atoms with E-state index in [2.05, 4.69) is 6.92 Å². The first-order valence-corrected chi connectivity index (χ1v) is 8.74. The van der Waals surface area contributed by atoms with Crippen molar-refractivity contribution in [1.29, 1.82) is 0 Å². The van der Waals surface area contributed by atoms with Crippen molar-refractivity contribution in [2.75, 3.05) is 13.1 Å². The molecule has 6 heteroatoms. The number of halogens is 1. The number of alkyl halides is 1. The fourth-order valence-corrected chi connectivity index (χ4v) is 3.71. The van der Waals surface area contributed by atoms with Crippen LogP contribution in [0.2, 0.25) is 0 Å². The van der Waals surface area contributed by atoms with Crippen LogP contribution in [0.4, 0.5) is 4.39 Å². The monoisotopic (exact) mass is 323 g/mol. The molecule has 128 valence electrons. The van der Waals surface area contributed by atoms with Crippen molar-refractivity contribution in [2.45, 2.75) is 76.5 Å². The average Bonchev–Trinajstić information content (AvgIpc) is 3.19.